The monoisotopic (exact) mass is 270 g/mol. The van der Waals surface area contributed by atoms with Gasteiger partial charge in [0.15, 0.2) is 0 Å². The smallest absolute Gasteiger partial charge is 0.126 e. The van der Waals surface area contributed by atoms with Gasteiger partial charge >= 0.3 is 0 Å². The third-order valence-electron chi connectivity index (χ3n) is 3.08. The molecule has 0 radical (unpaired) electrons. The number of nitriles is 1. The lowest BCUT2D eigenvalue weighted by Crippen LogP contribution is -2.07. The van der Waals surface area contributed by atoms with E-state index < -0.39 is 5.82 Å². The number of nitrogens with one attached hydrogen (secondary N) is 1. The van der Waals surface area contributed by atoms with Gasteiger partial charge in [-0.15, -0.1) is 0 Å². The number of phenolic OH excluding ortho intramolecular Hbond substituents is 1. The molecule has 2 rings (SSSR count). The lowest BCUT2D eigenvalue weighted by atomic mass is 10.1. The van der Waals surface area contributed by atoms with Crippen molar-refractivity contribution >= 4 is 5.69 Å². The van der Waals surface area contributed by atoms with E-state index in [9.17, 15) is 9.50 Å². The van der Waals surface area contributed by atoms with Gasteiger partial charge in [-0.2, -0.15) is 5.26 Å². The van der Waals surface area contributed by atoms with Crippen molar-refractivity contribution in [2.45, 2.75) is 19.4 Å². The fourth-order valence-corrected chi connectivity index (χ4v) is 2.02. The summed E-state index contributed by atoms with van der Waals surface area (Å²) in [7, 11) is 0. The highest BCUT2D eigenvalue weighted by Crippen LogP contribution is 2.27. The van der Waals surface area contributed by atoms with Gasteiger partial charge in [0.1, 0.15) is 11.6 Å². The third kappa shape index (κ3) is 3.27. The lowest BCUT2D eigenvalue weighted by Gasteiger charge is -2.17. The largest absolute Gasteiger partial charge is 0.507 e. The quantitative estimate of drug-likeness (QED) is 0.889. The maximum absolute atomic E-state index is 12.9. The van der Waals surface area contributed by atoms with Crippen molar-refractivity contribution in [2.75, 3.05) is 5.32 Å². The molecule has 0 amide bonds. The summed E-state index contributed by atoms with van der Waals surface area (Å²) >= 11 is 0. The topological polar surface area (TPSA) is 56.0 Å². The van der Waals surface area contributed by atoms with E-state index in [1.54, 1.807) is 6.07 Å². The SMILES string of the molecule is CC(Nc1ccc(CC#N)cc1)c1ccc(F)cc1O. The number of nitrogens with zero attached hydrogens (tertiary/aromatic N) is 1. The van der Waals surface area contributed by atoms with Crippen LogP contribution in [0.5, 0.6) is 5.75 Å². The molecule has 20 heavy (non-hydrogen) atoms. The summed E-state index contributed by atoms with van der Waals surface area (Å²) in [6.07, 6.45) is 0.384. The number of hydrogen-bond acceptors (Lipinski definition) is 3. The van der Waals surface area contributed by atoms with Crippen molar-refractivity contribution in [3.63, 3.8) is 0 Å². The van der Waals surface area contributed by atoms with Crippen LogP contribution in [-0.2, 0) is 6.42 Å². The minimum absolute atomic E-state index is 0.0638. The summed E-state index contributed by atoms with van der Waals surface area (Å²) in [4.78, 5) is 0. The highest BCUT2D eigenvalue weighted by Gasteiger charge is 2.11. The van der Waals surface area contributed by atoms with E-state index in [0.29, 0.717) is 12.0 Å². The molecule has 1 unspecified atom stereocenters. The molecule has 0 aliphatic rings. The molecule has 0 fully saturated rings. The van der Waals surface area contributed by atoms with Crippen LogP contribution in [0.2, 0.25) is 0 Å². The first-order valence-corrected chi connectivity index (χ1v) is 6.31. The van der Waals surface area contributed by atoms with Crippen LogP contribution in [0, 0.1) is 17.1 Å². The molecular formula is C16H15FN2O. The predicted octanol–water partition coefficient (Wildman–Crippen LogP) is 3.77. The van der Waals surface area contributed by atoms with Crippen molar-refractivity contribution in [2.24, 2.45) is 0 Å². The second-order valence-electron chi connectivity index (χ2n) is 4.60. The van der Waals surface area contributed by atoms with Crippen LogP contribution in [-0.4, -0.2) is 5.11 Å². The second-order valence-corrected chi connectivity index (χ2v) is 4.60. The summed E-state index contributed by atoms with van der Waals surface area (Å²) in [5.41, 5.74) is 2.46. The minimum Gasteiger partial charge on any atom is -0.507 e. The molecular weight excluding hydrogens is 255 g/mol. The Morgan fingerprint density at radius 1 is 1.25 bits per heavy atom. The molecule has 4 heteroatoms. The number of benzene rings is 2. The van der Waals surface area contributed by atoms with E-state index in [4.69, 9.17) is 5.26 Å². The average Bonchev–Trinajstić information content (AvgIpc) is 2.41. The summed E-state index contributed by atoms with van der Waals surface area (Å²) in [5, 5.41) is 21.6. The third-order valence-corrected chi connectivity index (χ3v) is 3.08. The summed E-state index contributed by atoms with van der Waals surface area (Å²) < 4.78 is 12.9. The number of halogens is 1. The predicted molar refractivity (Wildman–Crippen MR) is 75.9 cm³/mol. The highest BCUT2D eigenvalue weighted by atomic mass is 19.1. The van der Waals surface area contributed by atoms with Crippen molar-refractivity contribution in [1.29, 1.82) is 5.26 Å². The molecule has 0 heterocycles. The molecule has 0 saturated heterocycles. The van der Waals surface area contributed by atoms with Crippen LogP contribution in [0.15, 0.2) is 42.5 Å². The standard InChI is InChI=1S/C16H15FN2O/c1-11(15-7-4-13(17)10-16(15)20)19-14-5-2-12(3-6-14)8-9-18/h2-7,10-11,19-20H,8H2,1H3. The molecule has 3 nitrogen and oxygen atoms in total. The first kappa shape index (κ1) is 13.9. The fraction of sp³-hybridized carbons (Fsp3) is 0.188. The maximum atomic E-state index is 12.9. The summed E-state index contributed by atoms with van der Waals surface area (Å²) in [6.45, 7) is 1.89. The van der Waals surface area contributed by atoms with E-state index in [1.807, 2.05) is 31.2 Å². The number of phenols is 1. The van der Waals surface area contributed by atoms with Gasteiger partial charge in [0.2, 0.25) is 0 Å². The van der Waals surface area contributed by atoms with Crippen LogP contribution >= 0.6 is 0 Å². The van der Waals surface area contributed by atoms with Gasteiger partial charge in [-0.25, -0.2) is 4.39 Å². The first-order chi connectivity index (χ1) is 9.60. The van der Waals surface area contributed by atoms with E-state index in [1.165, 1.54) is 6.07 Å². The Morgan fingerprint density at radius 3 is 2.55 bits per heavy atom. The Bertz CT molecular complexity index is 632. The number of anilines is 1. The zero-order valence-corrected chi connectivity index (χ0v) is 11.1. The van der Waals surface area contributed by atoms with Gasteiger partial charge in [0, 0.05) is 17.3 Å². The second kappa shape index (κ2) is 6.07. The molecule has 0 aliphatic carbocycles. The number of rotatable bonds is 4. The van der Waals surface area contributed by atoms with Gasteiger partial charge in [-0.05, 0) is 30.7 Å². The molecule has 0 saturated carbocycles. The van der Waals surface area contributed by atoms with Crippen molar-refractivity contribution in [3.8, 4) is 11.8 Å². The minimum atomic E-state index is -0.459. The molecule has 0 aromatic heterocycles. The molecule has 0 bridgehead atoms. The van der Waals surface area contributed by atoms with E-state index in [2.05, 4.69) is 11.4 Å². The van der Waals surface area contributed by atoms with Gasteiger partial charge in [0.25, 0.3) is 0 Å². The Hall–Kier alpha value is -2.54. The van der Waals surface area contributed by atoms with Gasteiger partial charge in [0.05, 0.1) is 18.5 Å². The van der Waals surface area contributed by atoms with Crippen molar-refractivity contribution in [3.05, 3.63) is 59.4 Å². The van der Waals surface area contributed by atoms with Crippen LogP contribution in [0.1, 0.15) is 24.1 Å². The maximum Gasteiger partial charge on any atom is 0.126 e. The van der Waals surface area contributed by atoms with Crippen molar-refractivity contribution < 1.29 is 9.50 Å². The molecule has 0 spiro atoms. The lowest BCUT2D eigenvalue weighted by molar-refractivity contribution is 0.459. The zero-order chi connectivity index (χ0) is 14.5. The van der Waals surface area contributed by atoms with Crippen LogP contribution in [0.3, 0.4) is 0 Å². The van der Waals surface area contributed by atoms with E-state index >= 15 is 0 Å². The fourth-order valence-electron chi connectivity index (χ4n) is 2.02. The summed E-state index contributed by atoms with van der Waals surface area (Å²) in [6, 6.07) is 13.4. The van der Waals surface area contributed by atoms with Gasteiger partial charge < -0.3 is 10.4 Å². The number of aromatic hydroxyl groups is 1. The van der Waals surface area contributed by atoms with E-state index in [-0.39, 0.29) is 11.8 Å². The summed E-state index contributed by atoms with van der Waals surface area (Å²) in [5.74, 6) is -0.523. The molecule has 2 N–H and O–H groups in total. The Labute approximate surface area is 117 Å². The van der Waals surface area contributed by atoms with E-state index in [0.717, 1.165) is 17.3 Å². The van der Waals surface area contributed by atoms with Gasteiger partial charge in [-0.3, -0.25) is 0 Å². The van der Waals surface area contributed by atoms with Crippen molar-refractivity contribution in [1.82, 2.24) is 0 Å². The molecule has 2 aromatic carbocycles. The Morgan fingerprint density at radius 2 is 1.95 bits per heavy atom. The average molecular weight is 270 g/mol. The Balaban J connectivity index is 2.11. The molecule has 102 valence electrons. The molecule has 0 aliphatic heterocycles. The van der Waals surface area contributed by atoms with Crippen LogP contribution < -0.4 is 5.32 Å². The van der Waals surface area contributed by atoms with Crippen LogP contribution in [0.25, 0.3) is 0 Å². The molecule has 1 atom stereocenters. The normalized spacial score (nSPS) is 11.7. The van der Waals surface area contributed by atoms with Gasteiger partial charge in [-0.1, -0.05) is 18.2 Å². The first-order valence-electron chi connectivity index (χ1n) is 6.31. The molecule has 2 aromatic rings. The van der Waals surface area contributed by atoms with Crippen LogP contribution in [0.4, 0.5) is 10.1 Å². The Kier molecular flexibility index (Phi) is 4.21. The zero-order valence-electron chi connectivity index (χ0n) is 11.1. The number of hydrogen-bond donors (Lipinski definition) is 2. The highest BCUT2D eigenvalue weighted by molar-refractivity contribution is 5.48.